The first-order chi connectivity index (χ1) is 13.3. The lowest BCUT2D eigenvalue weighted by atomic mass is 10.2. The van der Waals surface area contributed by atoms with Crippen molar-refractivity contribution in [3.05, 3.63) is 65.7 Å². The summed E-state index contributed by atoms with van der Waals surface area (Å²) in [5, 5.41) is 4.91. The molecule has 2 rings (SSSR count). The number of hydrogen-bond donors (Lipinski definition) is 2. The van der Waals surface area contributed by atoms with Gasteiger partial charge in [-0.1, -0.05) is 18.2 Å². The van der Waals surface area contributed by atoms with Crippen LogP contribution in [-0.2, 0) is 15.8 Å². The van der Waals surface area contributed by atoms with Gasteiger partial charge in [0.25, 0.3) is 0 Å². The molecule has 5 nitrogen and oxygen atoms in total. The number of carbonyl (C=O) groups excluding carboxylic acids is 2. The summed E-state index contributed by atoms with van der Waals surface area (Å²) < 4.78 is 43.0. The normalized spacial score (nSPS) is 11.3. The van der Waals surface area contributed by atoms with Gasteiger partial charge in [-0.05, 0) is 42.0 Å². The van der Waals surface area contributed by atoms with Crippen molar-refractivity contribution in [2.75, 3.05) is 19.0 Å². The zero-order chi connectivity index (χ0) is 20.6. The van der Waals surface area contributed by atoms with E-state index in [4.69, 9.17) is 4.74 Å². The predicted octanol–water partition coefficient (Wildman–Crippen LogP) is 3.87. The Balaban J connectivity index is 1.77. The number of halogens is 3. The van der Waals surface area contributed by atoms with E-state index in [1.165, 1.54) is 18.2 Å². The first-order valence-electron chi connectivity index (χ1n) is 8.35. The van der Waals surface area contributed by atoms with Crippen LogP contribution in [0.1, 0.15) is 17.5 Å². The molecule has 0 aliphatic carbocycles. The van der Waals surface area contributed by atoms with Gasteiger partial charge in [0.05, 0.1) is 12.7 Å². The molecule has 0 heterocycles. The highest BCUT2D eigenvalue weighted by molar-refractivity contribution is 5.93. The Morgan fingerprint density at radius 2 is 1.82 bits per heavy atom. The molecule has 0 unspecified atom stereocenters. The smallest absolute Gasteiger partial charge is 0.416 e. The zero-order valence-electron chi connectivity index (χ0n) is 15.0. The van der Waals surface area contributed by atoms with E-state index in [0.717, 1.165) is 17.7 Å². The van der Waals surface area contributed by atoms with Gasteiger partial charge in [0.2, 0.25) is 11.8 Å². The number of amides is 2. The Hall–Kier alpha value is -3.29. The fourth-order valence-corrected chi connectivity index (χ4v) is 2.24. The van der Waals surface area contributed by atoms with E-state index in [9.17, 15) is 22.8 Å². The van der Waals surface area contributed by atoms with Gasteiger partial charge in [0, 0.05) is 24.7 Å². The van der Waals surface area contributed by atoms with Crippen molar-refractivity contribution < 1.29 is 27.5 Å². The molecule has 0 bridgehead atoms. The number of rotatable bonds is 7. The number of methoxy groups -OCH3 is 1. The standard InChI is InChI=1S/C20H19F3N2O3/c1-28-17-8-5-14(6-9-17)7-10-18(26)24-12-11-19(27)25-16-4-2-3-15(13-16)20(21,22)23/h2-10,13H,11-12H2,1H3,(H,24,26)(H,25,27)/b10-7+. The third kappa shape index (κ3) is 6.79. The van der Waals surface area contributed by atoms with Crippen molar-refractivity contribution in [3.63, 3.8) is 0 Å². The van der Waals surface area contributed by atoms with Crippen LogP contribution in [0.5, 0.6) is 5.75 Å². The fourth-order valence-electron chi connectivity index (χ4n) is 2.24. The minimum absolute atomic E-state index is 0.0468. The summed E-state index contributed by atoms with van der Waals surface area (Å²) in [5.74, 6) is -0.185. The van der Waals surface area contributed by atoms with Crippen LogP contribution in [0.4, 0.5) is 18.9 Å². The molecule has 0 saturated heterocycles. The number of alkyl halides is 3. The van der Waals surface area contributed by atoms with E-state index in [2.05, 4.69) is 10.6 Å². The minimum atomic E-state index is -4.48. The minimum Gasteiger partial charge on any atom is -0.497 e. The van der Waals surface area contributed by atoms with Gasteiger partial charge in [-0.2, -0.15) is 13.2 Å². The first-order valence-corrected chi connectivity index (χ1v) is 8.35. The molecule has 0 fully saturated rings. The van der Waals surface area contributed by atoms with Gasteiger partial charge in [-0.25, -0.2) is 0 Å². The maximum atomic E-state index is 12.7. The quantitative estimate of drug-likeness (QED) is 0.703. The summed E-state index contributed by atoms with van der Waals surface area (Å²) in [6.45, 7) is 0.0522. The lowest BCUT2D eigenvalue weighted by Gasteiger charge is -2.10. The highest BCUT2D eigenvalue weighted by atomic mass is 19.4. The molecule has 2 aromatic carbocycles. The van der Waals surface area contributed by atoms with Crippen LogP contribution in [0, 0.1) is 0 Å². The lowest BCUT2D eigenvalue weighted by molar-refractivity contribution is -0.137. The molecular formula is C20H19F3N2O3. The first kappa shape index (κ1) is 21.0. The summed E-state index contributed by atoms with van der Waals surface area (Å²) >= 11 is 0. The van der Waals surface area contributed by atoms with Gasteiger partial charge in [0.1, 0.15) is 5.75 Å². The van der Waals surface area contributed by atoms with Crippen LogP contribution in [0.25, 0.3) is 6.08 Å². The summed E-state index contributed by atoms with van der Waals surface area (Å²) in [5.41, 5.74) is 0.00562. The molecule has 0 aliphatic heterocycles. The summed E-state index contributed by atoms with van der Waals surface area (Å²) in [6, 6.07) is 11.4. The number of benzene rings is 2. The SMILES string of the molecule is COc1ccc(/C=C/C(=O)NCCC(=O)Nc2cccc(C(F)(F)F)c2)cc1. The Morgan fingerprint density at radius 3 is 2.46 bits per heavy atom. The van der Waals surface area contributed by atoms with Crippen LogP contribution in [-0.4, -0.2) is 25.5 Å². The van der Waals surface area contributed by atoms with Gasteiger partial charge < -0.3 is 15.4 Å². The second-order valence-corrected chi connectivity index (χ2v) is 5.77. The van der Waals surface area contributed by atoms with Gasteiger partial charge >= 0.3 is 6.18 Å². The van der Waals surface area contributed by atoms with E-state index >= 15 is 0 Å². The maximum Gasteiger partial charge on any atom is 0.416 e. The Labute approximate surface area is 160 Å². The summed E-state index contributed by atoms with van der Waals surface area (Å²) in [6.07, 6.45) is -1.62. The van der Waals surface area contributed by atoms with Crippen molar-refractivity contribution in [1.29, 1.82) is 0 Å². The Kier molecular flexibility index (Phi) is 7.20. The number of ether oxygens (including phenoxy) is 1. The van der Waals surface area contributed by atoms with E-state index in [-0.39, 0.29) is 24.6 Å². The van der Waals surface area contributed by atoms with Crippen molar-refractivity contribution in [1.82, 2.24) is 5.32 Å². The topological polar surface area (TPSA) is 67.4 Å². The van der Waals surface area contributed by atoms with E-state index in [0.29, 0.717) is 5.75 Å². The highest BCUT2D eigenvalue weighted by Gasteiger charge is 2.30. The summed E-state index contributed by atoms with van der Waals surface area (Å²) in [4.78, 5) is 23.6. The van der Waals surface area contributed by atoms with Gasteiger partial charge in [-0.15, -0.1) is 0 Å². The number of anilines is 1. The lowest BCUT2D eigenvalue weighted by Crippen LogP contribution is -2.26. The largest absolute Gasteiger partial charge is 0.497 e. The molecule has 0 aromatic heterocycles. The molecule has 2 amide bonds. The average Bonchev–Trinajstić information content (AvgIpc) is 2.66. The van der Waals surface area contributed by atoms with E-state index < -0.39 is 17.6 Å². The van der Waals surface area contributed by atoms with Crippen molar-refractivity contribution >= 4 is 23.6 Å². The molecular weight excluding hydrogens is 373 g/mol. The monoisotopic (exact) mass is 392 g/mol. The molecule has 0 aliphatic rings. The third-order valence-electron chi connectivity index (χ3n) is 3.67. The fraction of sp³-hybridized carbons (Fsp3) is 0.200. The van der Waals surface area contributed by atoms with E-state index in [1.54, 1.807) is 37.5 Å². The highest BCUT2D eigenvalue weighted by Crippen LogP contribution is 2.30. The zero-order valence-corrected chi connectivity index (χ0v) is 15.0. The molecule has 148 valence electrons. The molecule has 2 N–H and O–H groups in total. The molecule has 0 atom stereocenters. The number of hydrogen-bond acceptors (Lipinski definition) is 3. The van der Waals surface area contributed by atoms with Crippen LogP contribution in [0.3, 0.4) is 0 Å². The van der Waals surface area contributed by atoms with Gasteiger partial charge in [-0.3, -0.25) is 9.59 Å². The number of nitrogens with one attached hydrogen (secondary N) is 2. The van der Waals surface area contributed by atoms with Crippen LogP contribution < -0.4 is 15.4 Å². The van der Waals surface area contributed by atoms with E-state index in [1.807, 2.05) is 0 Å². The molecule has 28 heavy (non-hydrogen) atoms. The average molecular weight is 392 g/mol. The second-order valence-electron chi connectivity index (χ2n) is 5.77. The maximum absolute atomic E-state index is 12.7. The van der Waals surface area contributed by atoms with Crippen LogP contribution in [0.15, 0.2) is 54.6 Å². The second kappa shape index (κ2) is 9.59. The third-order valence-corrected chi connectivity index (χ3v) is 3.67. The Morgan fingerprint density at radius 1 is 1.11 bits per heavy atom. The predicted molar refractivity (Wildman–Crippen MR) is 99.7 cm³/mol. The van der Waals surface area contributed by atoms with Crippen LogP contribution >= 0.6 is 0 Å². The Bertz CT molecular complexity index is 847. The molecule has 0 spiro atoms. The summed E-state index contributed by atoms with van der Waals surface area (Å²) in [7, 11) is 1.56. The number of carbonyl (C=O) groups is 2. The van der Waals surface area contributed by atoms with Crippen molar-refractivity contribution in [2.45, 2.75) is 12.6 Å². The molecule has 8 heteroatoms. The van der Waals surface area contributed by atoms with Gasteiger partial charge in [0.15, 0.2) is 0 Å². The van der Waals surface area contributed by atoms with Crippen LogP contribution in [0.2, 0.25) is 0 Å². The molecule has 2 aromatic rings. The molecule has 0 saturated carbocycles. The molecule has 0 radical (unpaired) electrons. The van der Waals surface area contributed by atoms with Crippen molar-refractivity contribution in [3.8, 4) is 5.75 Å². The van der Waals surface area contributed by atoms with Crippen molar-refractivity contribution in [2.24, 2.45) is 0 Å².